The number of carboxylic acids is 1. The summed E-state index contributed by atoms with van der Waals surface area (Å²) in [4.78, 5) is 16.3. The summed E-state index contributed by atoms with van der Waals surface area (Å²) < 4.78 is 1.49. The highest BCUT2D eigenvalue weighted by molar-refractivity contribution is 7.16. The van der Waals surface area contributed by atoms with Gasteiger partial charge in [-0.2, -0.15) is 9.61 Å². The van der Waals surface area contributed by atoms with E-state index in [0.717, 1.165) is 24.3 Å². The summed E-state index contributed by atoms with van der Waals surface area (Å²) in [6.45, 7) is 2.00. The smallest absolute Gasteiger partial charge is 0.356 e. The number of aromatic nitrogens is 3. The molecule has 1 fully saturated rings. The van der Waals surface area contributed by atoms with Crippen LogP contribution in [0.3, 0.4) is 0 Å². The molecule has 3 rings (SSSR count). The van der Waals surface area contributed by atoms with Crippen molar-refractivity contribution < 1.29 is 9.90 Å². The number of carboxylic acid groups (broad SMARTS) is 1. The van der Waals surface area contributed by atoms with Crippen molar-refractivity contribution in [3.63, 3.8) is 0 Å². The molecule has 0 bridgehead atoms. The van der Waals surface area contributed by atoms with Crippen molar-refractivity contribution in [2.45, 2.75) is 32.1 Å². The number of hydrogen-bond donors (Lipinski definition) is 1. The first-order chi connectivity index (χ1) is 7.70. The van der Waals surface area contributed by atoms with Crippen LogP contribution < -0.4 is 0 Å². The standard InChI is InChI=1S/C10H11N3O2S/c1-2-6-12-13-8(9(14)15)7(5-3-4-5)11-10(13)16-6/h5H,2-4H2,1H3,(H,14,15). The second-order valence-corrected chi connectivity index (χ2v) is 5.01. The lowest BCUT2D eigenvalue weighted by atomic mass is 10.2. The Morgan fingerprint density at radius 3 is 2.94 bits per heavy atom. The van der Waals surface area contributed by atoms with Crippen LogP contribution in [0, 0.1) is 0 Å². The summed E-state index contributed by atoms with van der Waals surface area (Å²) in [5.41, 5.74) is 0.974. The summed E-state index contributed by atoms with van der Waals surface area (Å²) >= 11 is 1.47. The first-order valence-electron chi connectivity index (χ1n) is 5.32. The van der Waals surface area contributed by atoms with E-state index in [9.17, 15) is 9.90 Å². The first-order valence-corrected chi connectivity index (χ1v) is 6.14. The van der Waals surface area contributed by atoms with Crippen molar-refractivity contribution in [1.29, 1.82) is 0 Å². The second-order valence-electron chi connectivity index (χ2n) is 3.97. The molecule has 1 saturated carbocycles. The summed E-state index contributed by atoms with van der Waals surface area (Å²) in [5, 5.41) is 14.4. The fourth-order valence-electron chi connectivity index (χ4n) is 1.79. The highest BCUT2D eigenvalue weighted by atomic mass is 32.1. The molecule has 0 unspecified atom stereocenters. The van der Waals surface area contributed by atoms with Crippen LogP contribution in [0.15, 0.2) is 0 Å². The van der Waals surface area contributed by atoms with Crippen molar-refractivity contribution in [1.82, 2.24) is 14.6 Å². The molecule has 0 atom stereocenters. The number of nitrogens with zero attached hydrogens (tertiary/aromatic N) is 3. The Balaban J connectivity index is 2.23. The van der Waals surface area contributed by atoms with Gasteiger partial charge in [0.1, 0.15) is 5.01 Å². The van der Waals surface area contributed by atoms with Crippen LogP contribution in [-0.2, 0) is 6.42 Å². The van der Waals surface area contributed by atoms with E-state index in [-0.39, 0.29) is 5.69 Å². The number of carbonyl (C=O) groups is 1. The number of imidazole rings is 1. The molecule has 5 nitrogen and oxygen atoms in total. The highest BCUT2D eigenvalue weighted by Gasteiger charge is 2.33. The maximum atomic E-state index is 11.2. The van der Waals surface area contributed by atoms with Crippen molar-refractivity contribution >= 4 is 22.3 Å². The van der Waals surface area contributed by atoms with Crippen LogP contribution in [0.1, 0.15) is 46.9 Å². The number of aromatic carboxylic acids is 1. The fraction of sp³-hybridized carbons (Fsp3) is 0.500. The molecule has 1 N–H and O–H groups in total. The molecule has 0 saturated heterocycles. The fourth-order valence-corrected chi connectivity index (χ4v) is 2.63. The van der Waals surface area contributed by atoms with Crippen molar-refractivity contribution in [2.75, 3.05) is 0 Å². The maximum Gasteiger partial charge on any atom is 0.356 e. The number of rotatable bonds is 3. The molecule has 2 aromatic heterocycles. The van der Waals surface area contributed by atoms with Crippen LogP contribution in [0.5, 0.6) is 0 Å². The summed E-state index contributed by atoms with van der Waals surface area (Å²) in [6, 6.07) is 0. The average Bonchev–Trinajstić information content (AvgIpc) is 2.90. The Hall–Kier alpha value is -1.43. The monoisotopic (exact) mass is 237 g/mol. The van der Waals surface area contributed by atoms with Gasteiger partial charge in [0.05, 0.1) is 5.69 Å². The van der Waals surface area contributed by atoms with E-state index in [1.54, 1.807) is 0 Å². The molecular weight excluding hydrogens is 226 g/mol. The molecule has 2 heterocycles. The van der Waals surface area contributed by atoms with Gasteiger partial charge in [0.2, 0.25) is 4.96 Å². The van der Waals surface area contributed by atoms with Crippen molar-refractivity contribution in [2.24, 2.45) is 0 Å². The Labute approximate surface area is 95.7 Å². The highest BCUT2D eigenvalue weighted by Crippen LogP contribution is 2.41. The molecule has 16 heavy (non-hydrogen) atoms. The number of hydrogen-bond acceptors (Lipinski definition) is 4. The van der Waals surface area contributed by atoms with Gasteiger partial charge in [-0.25, -0.2) is 9.78 Å². The van der Waals surface area contributed by atoms with E-state index >= 15 is 0 Å². The first kappa shape index (κ1) is 9.77. The Kier molecular flexibility index (Phi) is 2.00. The quantitative estimate of drug-likeness (QED) is 0.885. The van der Waals surface area contributed by atoms with E-state index in [4.69, 9.17) is 0 Å². The zero-order valence-corrected chi connectivity index (χ0v) is 9.62. The van der Waals surface area contributed by atoms with Crippen LogP contribution in [0.25, 0.3) is 4.96 Å². The van der Waals surface area contributed by atoms with E-state index in [2.05, 4.69) is 10.1 Å². The van der Waals surface area contributed by atoms with Crippen LogP contribution in [-0.4, -0.2) is 25.7 Å². The third-order valence-electron chi connectivity index (χ3n) is 2.74. The van der Waals surface area contributed by atoms with Crippen LogP contribution in [0.4, 0.5) is 0 Å². The number of aryl methyl sites for hydroxylation is 1. The van der Waals surface area contributed by atoms with Gasteiger partial charge < -0.3 is 5.11 Å². The van der Waals surface area contributed by atoms with Gasteiger partial charge >= 0.3 is 5.97 Å². The van der Waals surface area contributed by atoms with Gasteiger partial charge in [-0.1, -0.05) is 18.3 Å². The largest absolute Gasteiger partial charge is 0.476 e. The molecule has 0 spiro atoms. The Bertz CT molecular complexity index is 568. The van der Waals surface area contributed by atoms with Crippen LogP contribution >= 0.6 is 11.3 Å². The minimum atomic E-state index is -0.928. The molecule has 2 aromatic rings. The second kappa shape index (κ2) is 3.28. The molecule has 1 aliphatic carbocycles. The van der Waals surface area contributed by atoms with Gasteiger partial charge in [-0.15, -0.1) is 0 Å². The van der Waals surface area contributed by atoms with E-state index in [1.807, 2.05) is 6.92 Å². The molecular formula is C10H11N3O2S. The van der Waals surface area contributed by atoms with Gasteiger partial charge in [0, 0.05) is 5.92 Å². The maximum absolute atomic E-state index is 11.2. The van der Waals surface area contributed by atoms with Crippen molar-refractivity contribution in [3.05, 3.63) is 16.4 Å². The summed E-state index contributed by atoms with van der Waals surface area (Å²) in [6.07, 6.45) is 2.91. The number of fused-ring (bicyclic) bond motifs is 1. The SMILES string of the molecule is CCc1nn2c(C(=O)O)c(C3CC3)nc2s1. The zero-order valence-electron chi connectivity index (χ0n) is 8.80. The Morgan fingerprint density at radius 1 is 1.62 bits per heavy atom. The third kappa shape index (κ3) is 1.33. The lowest BCUT2D eigenvalue weighted by Gasteiger charge is -1.95. The molecule has 0 radical (unpaired) electrons. The van der Waals surface area contributed by atoms with Gasteiger partial charge in [0.25, 0.3) is 0 Å². The van der Waals surface area contributed by atoms with Crippen LogP contribution in [0.2, 0.25) is 0 Å². The summed E-state index contributed by atoms with van der Waals surface area (Å²) in [7, 11) is 0. The minimum Gasteiger partial charge on any atom is -0.476 e. The molecule has 0 amide bonds. The normalized spacial score (nSPS) is 15.8. The third-order valence-corrected chi connectivity index (χ3v) is 3.79. The summed E-state index contributed by atoms with van der Waals surface area (Å²) in [5.74, 6) is -0.590. The van der Waals surface area contributed by atoms with E-state index in [1.165, 1.54) is 15.9 Å². The lowest BCUT2D eigenvalue weighted by molar-refractivity contribution is 0.0686. The molecule has 1 aliphatic rings. The molecule has 84 valence electrons. The zero-order chi connectivity index (χ0) is 11.3. The van der Waals surface area contributed by atoms with E-state index < -0.39 is 5.97 Å². The lowest BCUT2D eigenvalue weighted by Crippen LogP contribution is -2.06. The molecule has 6 heteroatoms. The van der Waals surface area contributed by atoms with Crippen molar-refractivity contribution in [3.8, 4) is 0 Å². The predicted molar refractivity (Wildman–Crippen MR) is 59.2 cm³/mol. The molecule has 0 aliphatic heterocycles. The minimum absolute atomic E-state index is 0.258. The average molecular weight is 237 g/mol. The Morgan fingerprint density at radius 2 is 2.38 bits per heavy atom. The molecule has 0 aromatic carbocycles. The predicted octanol–water partition coefficient (Wildman–Crippen LogP) is 1.93. The topological polar surface area (TPSA) is 67.5 Å². The van der Waals surface area contributed by atoms with Gasteiger partial charge in [-0.05, 0) is 19.3 Å². The van der Waals surface area contributed by atoms with Gasteiger partial charge in [0.15, 0.2) is 5.69 Å². The van der Waals surface area contributed by atoms with E-state index in [0.29, 0.717) is 16.6 Å². The van der Waals surface area contributed by atoms with Gasteiger partial charge in [-0.3, -0.25) is 0 Å².